The first-order valence-corrected chi connectivity index (χ1v) is 13.1. The second-order valence-electron chi connectivity index (χ2n) is 9.22. The van der Waals surface area contributed by atoms with Crippen molar-refractivity contribution in [3.05, 3.63) is 86.1 Å². The normalized spacial score (nSPS) is 15.1. The van der Waals surface area contributed by atoms with Gasteiger partial charge in [0.05, 0.1) is 6.04 Å². The van der Waals surface area contributed by atoms with Crippen LogP contribution < -0.4 is 4.74 Å². The highest BCUT2D eigenvalue weighted by atomic mass is 35.5. The van der Waals surface area contributed by atoms with Crippen molar-refractivity contribution in [2.24, 2.45) is 0 Å². The molecule has 1 unspecified atom stereocenters. The van der Waals surface area contributed by atoms with Crippen molar-refractivity contribution in [2.75, 3.05) is 19.7 Å². The quantitative estimate of drug-likeness (QED) is 0.387. The second-order valence-corrected chi connectivity index (χ2v) is 10.6. The van der Waals surface area contributed by atoms with E-state index >= 15 is 0 Å². The minimum absolute atomic E-state index is 0.0286. The van der Waals surface area contributed by atoms with Gasteiger partial charge in [-0.3, -0.25) is 9.59 Å². The molecule has 7 heteroatoms. The first-order chi connectivity index (χ1) is 16.8. The minimum Gasteiger partial charge on any atom is -0.491 e. The van der Waals surface area contributed by atoms with Gasteiger partial charge in [-0.05, 0) is 86.5 Å². The van der Waals surface area contributed by atoms with E-state index < -0.39 is 0 Å². The molecule has 0 bridgehead atoms. The monoisotopic (exact) mass is 510 g/mol. The second kappa shape index (κ2) is 10.8. The van der Waals surface area contributed by atoms with Crippen LogP contribution in [0, 0.1) is 13.8 Å². The largest absolute Gasteiger partial charge is 0.491 e. The lowest BCUT2D eigenvalue weighted by atomic mass is 10.00. The standard InChI is InChI=1S/C28H31ClN2O3S/c1-18(2)31(28(33)22-8-6-5-7-19(22)3)16-27(32)30-13-11-26-23(12-14-35-26)25(30)17-34-21-9-10-24(29)20(4)15-21/h5-10,12,14-15,18,25H,11,13,16-17H2,1-4H3. The summed E-state index contributed by atoms with van der Waals surface area (Å²) < 4.78 is 6.14. The van der Waals surface area contributed by atoms with Crippen LogP contribution in [0.2, 0.25) is 5.02 Å². The number of aryl methyl sites for hydroxylation is 2. The number of rotatable bonds is 7. The zero-order chi connectivity index (χ0) is 25.1. The van der Waals surface area contributed by atoms with Crippen LogP contribution in [0.5, 0.6) is 5.75 Å². The Balaban J connectivity index is 1.54. The highest BCUT2D eigenvalue weighted by molar-refractivity contribution is 7.10. The first kappa shape index (κ1) is 25.3. The van der Waals surface area contributed by atoms with Crippen molar-refractivity contribution in [3.63, 3.8) is 0 Å². The van der Waals surface area contributed by atoms with Crippen LogP contribution in [0.3, 0.4) is 0 Å². The lowest BCUT2D eigenvalue weighted by molar-refractivity contribution is -0.136. The van der Waals surface area contributed by atoms with Crippen molar-refractivity contribution in [1.82, 2.24) is 9.80 Å². The molecule has 2 amide bonds. The number of nitrogens with zero attached hydrogens (tertiary/aromatic N) is 2. The Kier molecular flexibility index (Phi) is 7.82. The molecule has 0 spiro atoms. The number of ether oxygens (including phenoxy) is 1. The van der Waals surface area contributed by atoms with Crippen LogP contribution in [0.15, 0.2) is 53.9 Å². The first-order valence-electron chi connectivity index (χ1n) is 11.9. The van der Waals surface area contributed by atoms with Crippen molar-refractivity contribution in [3.8, 4) is 5.75 Å². The highest BCUT2D eigenvalue weighted by Gasteiger charge is 2.34. The Morgan fingerprint density at radius 1 is 1.14 bits per heavy atom. The summed E-state index contributed by atoms with van der Waals surface area (Å²) in [6.07, 6.45) is 0.808. The van der Waals surface area contributed by atoms with Crippen LogP contribution in [-0.2, 0) is 11.2 Å². The lowest BCUT2D eigenvalue weighted by Gasteiger charge is -2.37. The van der Waals surface area contributed by atoms with Crippen molar-refractivity contribution in [1.29, 1.82) is 0 Å². The number of hydrogen-bond acceptors (Lipinski definition) is 4. The average molecular weight is 511 g/mol. The zero-order valence-corrected chi connectivity index (χ0v) is 22.2. The van der Waals surface area contributed by atoms with Crippen molar-refractivity contribution < 1.29 is 14.3 Å². The van der Waals surface area contributed by atoms with Crippen molar-refractivity contribution in [2.45, 2.75) is 46.2 Å². The molecule has 0 saturated heterocycles. The summed E-state index contributed by atoms with van der Waals surface area (Å²) >= 11 is 7.88. The van der Waals surface area contributed by atoms with E-state index in [1.807, 2.05) is 75.1 Å². The molecule has 184 valence electrons. The Morgan fingerprint density at radius 3 is 2.63 bits per heavy atom. The van der Waals surface area contributed by atoms with Gasteiger partial charge in [-0.25, -0.2) is 0 Å². The van der Waals surface area contributed by atoms with Gasteiger partial charge in [0.1, 0.15) is 18.9 Å². The van der Waals surface area contributed by atoms with E-state index in [4.69, 9.17) is 16.3 Å². The number of hydrogen-bond donors (Lipinski definition) is 0. The van der Waals surface area contributed by atoms with E-state index in [0.717, 1.165) is 28.9 Å². The molecule has 2 heterocycles. The molecule has 0 fully saturated rings. The average Bonchev–Trinajstić information content (AvgIpc) is 3.32. The maximum atomic E-state index is 13.6. The number of amides is 2. The number of fused-ring (bicyclic) bond motifs is 1. The SMILES string of the molecule is Cc1cc(OCC2c3ccsc3CCN2C(=O)CN(C(=O)c2ccccc2C)C(C)C)ccc1Cl. The maximum Gasteiger partial charge on any atom is 0.254 e. The fourth-order valence-electron chi connectivity index (χ4n) is 4.45. The number of carbonyl (C=O) groups is 2. The van der Waals surface area contributed by atoms with Crippen LogP contribution >= 0.6 is 22.9 Å². The van der Waals surface area contributed by atoms with E-state index in [1.54, 1.807) is 16.2 Å². The third kappa shape index (κ3) is 5.54. The number of thiophene rings is 1. The third-order valence-corrected chi connectivity index (χ3v) is 7.94. The molecule has 0 aliphatic carbocycles. The fourth-order valence-corrected chi connectivity index (χ4v) is 5.50. The molecule has 1 aromatic heterocycles. The van der Waals surface area contributed by atoms with Crippen LogP contribution in [-0.4, -0.2) is 47.4 Å². The minimum atomic E-state index is -0.212. The highest BCUT2D eigenvalue weighted by Crippen LogP contribution is 2.34. The van der Waals surface area contributed by atoms with Gasteiger partial charge in [0.25, 0.3) is 5.91 Å². The van der Waals surface area contributed by atoms with Crippen LogP contribution in [0.25, 0.3) is 0 Å². The summed E-state index contributed by atoms with van der Waals surface area (Å²) in [6, 6.07) is 14.8. The molecule has 0 saturated carbocycles. The predicted octanol–water partition coefficient (Wildman–Crippen LogP) is 6.07. The molecular formula is C28H31ClN2O3S. The number of halogens is 1. The maximum absolute atomic E-state index is 13.6. The molecule has 5 nitrogen and oxygen atoms in total. The Morgan fingerprint density at radius 2 is 1.91 bits per heavy atom. The number of benzene rings is 2. The Hall–Kier alpha value is -2.83. The fraction of sp³-hybridized carbons (Fsp3) is 0.357. The number of carbonyl (C=O) groups excluding carboxylic acids is 2. The van der Waals surface area contributed by atoms with Crippen LogP contribution in [0.1, 0.15) is 51.8 Å². The van der Waals surface area contributed by atoms with Crippen molar-refractivity contribution >= 4 is 34.8 Å². The zero-order valence-electron chi connectivity index (χ0n) is 20.6. The van der Waals surface area contributed by atoms with E-state index in [2.05, 4.69) is 11.4 Å². The summed E-state index contributed by atoms with van der Waals surface area (Å²) in [6.45, 7) is 8.71. The van der Waals surface area contributed by atoms with Gasteiger partial charge in [-0.1, -0.05) is 29.8 Å². The van der Waals surface area contributed by atoms with Gasteiger partial charge < -0.3 is 14.5 Å². The summed E-state index contributed by atoms with van der Waals surface area (Å²) in [7, 11) is 0. The summed E-state index contributed by atoms with van der Waals surface area (Å²) in [5.74, 6) is 0.530. The van der Waals surface area contributed by atoms with Crippen LogP contribution in [0.4, 0.5) is 0 Å². The van der Waals surface area contributed by atoms with E-state index in [9.17, 15) is 9.59 Å². The predicted molar refractivity (Wildman–Crippen MR) is 142 cm³/mol. The van der Waals surface area contributed by atoms with Gasteiger partial charge in [0.2, 0.25) is 5.91 Å². The van der Waals surface area contributed by atoms with Gasteiger partial charge >= 0.3 is 0 Å². The molecule has 2 aromatic carbocycles. The molecule has 3 aromatic rings. The summed E-state index contributed by atoms with van der Waals surface area (Å²) in [4.78, 5) is 31.8. The van der Waals surface area contributed by atoms with E-state index in [1.165, 1.54) is 4.88 Å². The lowest BCUT2D eigenvalue weighted by Crippen LogP contribution is -2.49. The van der Waals surface area contributed by atoms with Gasteiger partial charge in [-0.2, -0.15) is 0 Å². The van der Waals surface area contributed by atoms with E-state index in [-0.39, 0.29) is 30.4 Å². The molecule has 35 heavy (non-hydrogen) atoms. The molecule has 0 radical (unpaired) electrons. The summed E-state index contributed by atoms with van der Waals surface area (Å²) in [5, 5.41) is 2.76. The molecule has 1 atom stereocenters. The molecular weight excluding hydrogens is 480 g/mol. The summed E-state index contributed by atoms with van der Waals surface area (Å²) in [5.41, 5.74) is 3.60. The van der Waals surface area contributed by atoms with Gasteiger partial charge in [-0.15, -0.1) is 11.3 Å². The Bertz CT molecular complexity index is 1220. The van der Waals surface area contributed by atoms with E-state index in [0.29, 0.717) is 23.7 Å². The van der Waals surface area contributed by atoms with Gasteiger partial charge in [0.15, 0.2) is 0 Å². The molecule has 4 rings (SSSR count). The molecule has 1 aliphatic heterocycles. The third-order valence-electron chi connectivity index (χ3n) is 6.52. The Labute approximate surface area is 216 Å². The van der Waals surface area contributed by atoms with Gasteiger partial charge in [0, 0.05) is 28.0 Å². The topological polar surface area (TPSA) is 49.9 Å². The molecule has 0 N–H and O–H groups in total. The smallest absolute Gasteiger partial charge is 0.254 e. The molecule has 1 aliphatic rings.